The van der Waals surface area contributed by atoms with Crippen molar-refractivity contribution in [2.45, 2.75) is 13.0 Å². The van der Waals surface area contributed by atoms with Crippen molar-refractivity contribution in [3.63, 3.8) is 0 Å². The van der Waals surface area contributed by atoms with Crippen LogP contribution in [0.2, 0.25) is 5.02 Å². The van der Waals surface area contributed by atoms with E-state index in [1.165, 1.54) is 6.08 Å². The Hall–Kier alpha value is -3.37. The molecule has 29 heavy (non-hydrogen) atoms. The minimum absolute atomic E-state index is 0.0990. The van der Waals surface area contributed by atoms with E-state index in [-0.39, 0.29) is 17.9 Å². The molecule has 2 N–H and O–H groups in total. The quantitative estimate of drug-likeness (QED) is 0.534. The topological polar surface area (TPSA) is 58.2 Å². The molecule has 0 heterocycles. The van der Waals surface area contributed by atoms with Gasteiger partial charge >= 0.3 is 0 Å². The van der Waals surface area contributed by atoms with Crippen molar-refractivity contribution < 1.29 is 9.59 Å². The smallest absolute Gasteiger partial charge is 0.251 e. The Labute approximate surface area is 175 Å². The van der Waals surface area contributed by atoms with Gasteiger partial charge in [-0.3, -0.25) is 9.59 Å². The van der Waals surface area contributed by atoms with Gasteiger partial charge in [-0.25, -0.2) is 0 Å². The van der Waals surface area contributed by atoms with Crippen LogP contribution in [-0.2, 0) is 4.79 Å². The zero-order valence-electron chi connectivity index (χ0n) is 15.9. The summed E-state index contributed by atoms with van der Waals surface area (Å²) in [6.07, 6.45) is 3.08. The molecule has 0 aromatic heterocycles. The zero-order valence-corrected chi connectivity index (χ0v) is 16.7. The second-order valence-electron chi connectivity index (χ2n) is 6.53. The Morgan fingerprint density at radius 2 is 1.55 bits per heavy atom. The molecule has 3 aromatic rings. The van der Waals surface area contributed by atoms with Gasteiger partial charge in [0.1, 0.15) is 0 Å². The Balaban J connectivity index is 1.57. The van der Waals surface area contributed by atoms with Crippen molar-refractivity contribution in [2.24, 2.45) is 0 Å². The van der Waals surface area contributed by atoms with Crippen LogP contribution in [-0.4, -0.2) is 11.8 Å². The standard InChI is InChI=1S/C24H21ClN2O2/c1-17(18-7-3-2-4-8-18)26-24(29)20-11-14-21(15-12-20)27-23(28)16-13-19-9-5-6-10-22(19)25/h2-17H,1H3,(H,26,29)(H,27,28)/b16-13+. The fourth-order valence-electron chi connectivity index (χ4n) is 2.77. The Bertz CT molecular complexity index is 1010. The van der Waals surface area contributed by atoms with Crippen molar-refractivity contribution in [3.05, 3.63) is 107 Å². The van der Waals surface area contributed by atoms with E-state index in [0.717, 1.165) is 11.1 Å². The lowest BCUT2D eigenvalue weighted by atomic mass is 10.1. The summed E-state index contributed by atoms with van der Waals surface area (Å²) in [5.41, 5.74) is 2.93. The van der Waals surface area contributed by atoms with E-state index in [1.54, 1.807) is 36.4 Å². The van der Waals surface area contributed by atoms with Crippen molar-refractivity contribution in [1.82, 2.24) is 5.32 Å². The van der Waals surface area contributed by atoms with Crippen LogP contribution in [0.5, 0.6) is 0 Å². The highest BCUT2D eigenvalue weighted by Crippen LogP contribution is 2.17. The molecular formula is C24H21ClN2O2. The number of carbonyl (C=O) groups is 2. The lowest BCUT2D eigenvalue weighted by Gasteiger charge is -2.14. The molecule has 0 radical (unpaired) electrons. The summed E-state index contributed by atoms with van der Waals surface area (Å²) in [5, 5.41) is 6.31. The lowest BCUT2D eigenvalue weighted by Crippen LogP contribution is -2.26. The summed E-state index contributed by atoms with van der Waals surface area (Å²) in [7, 11) is 0. The van der Waals surface area contributed by atoms with E-state index in [2.05, 4.69) is 10.6 Å². The maximum atomic E-state index is 12.4. The second kappa shape index (κ2) is 9.71. The number of amides is 2. The molecule has 4 nitrogen and oxygen atoms in total. The fourth-order valence-corrected chi connectivity index (χ4v) is 2.97. The molecule has 1 unspecified atom stereocenters. The van der Waals surface area contributed by atoms with Crippen LogP contribution in [0.1, 0.15) is 34.5 Å². The maximum absolute atomic E-state index is 12.4. The number of rotatable bonds is 6. The third-order valence-electron chi connectivity index (χ3n) is 4.38. The van der Waals surface area contributed by atoms with Crippen LogP contribution in [0.25, 0.3) is 6.08 Å². The largest absolute Gasteiger partial charge is 0.346 e. The second-order valence-corrected chi connectivity index (χ2v) is 6.93. The van der Waals surface area contributed by atoms with Gasteiger partial charge in [0.25, 0.3) is 5.91 Å². The first-order chi connectivity index (χ1) is 14.0. The van der Waals surface area contributed by atoms with Crippen LogP contribution < -0.4 is 10.6 Å². The summed E-state index contributed by atoms with van der Waals surface area (Å²) >= 11 is 6.07. The first kappa shape index (κ1) is 20.4. The van der Waals surface area contributed by atoms with Gasteiger partial charge < -0.3 is 10.6 Å². The summed E-state index contributed by atoms with van der Waals surface area (Å²) in [5.74, 6) is -0.447. The third-order valence-corrected chi connectivity index (χ3v) is 4.73. The van der Waals surface area contributed by atoms with E-state index >= 15 is 0 Å². The molecule has 0 aliphatic heterocycles. The number of hydrogen-bond donors (Lipinski definition) is 2. The SMILES string of the molecule is CC(NC(=O)c1ccc(NC(=O)/C=C/c2ccccc2Cl)cc1)c1ccccc1. The van der Waals surface area contributed by atoms with Crippen LogP contribution in [0, 0.1) is 0 Å². The first-order valence-corrected chi connectivity index (χ1v) is 9.60. The van der Waals surface area contributed by atoms with Crippen molar-refractivity contribution >= 4 is 35.2 Å². The van der Waals surface area contributed by atoms with E-state index in [1.807, 2.05) is 55.5 Å². The number of nitrogens with one attached hydrogen (secondary N) is 2. The first-order valence-electron chi connectivity index (χ1n) is 9.22. The lowest BCUT2D eigenvalue weighted by molar-refractivity contribution is -0.111. The van der Waals surface area contributed by atoms with Gasteiger partial charge in [-0.1, -0.05) is 60.1 Å². The molecule has 0 saturated carbocycles. The van der Waals surface area contributed by atoms with Crippen molar-refractivity contribution in [1.29, 1.82) is 0 Å². The minimum Gasteiger partial charge on any atom is -0.346 e. The molecule has 5 heteroatoms. The molecule has 3 aromatic carbocycles. The Morgan fingerprint density at radius 1 is 0.897 bits per heavy atom. The molecule has 1 atom stereocenters. The van der Waals surface area contributed by atoms with Crippen LogP contribution >= 0.6 is 11.6 Å². The van der Waals surface area contributed by atoms with Crippen molar-refractivity contribution in [2.75, 3.05) is 5.32 Å². The number of hydrogen-bond acceptors (Lipinski definition) is 2. The molecule has 3 rings (SSSR count). The van der Waals surface area contributed by atoms with Gasteiger partial charge in [0.2, 0.25) is 5.91 Å². The van der Waals surface area contributed by atoms with Gasteiger partial charge in [0.05, 0.1) is 6.04 Å². The van der Waals surface area contributed by atoms with Crippen molar-refractivity contribution in [3.8, 4) is 0 Å². The average Bonchev–Trinajstić information content (AvgIpc) is 2.74. The van der Waals surface area contributed by atoms with Crippen LogP contribution in [0.15, 0.2) is 84.9 Å². The fraction of sp³-hybridized carbons (Fsp3) is 0.0833. The highest BCUT2D eigenvalue weighted by Gasteiger charge is 2.11. The minimum atomic E-state index is -0.278. The number of anilines is 1. The highest BCUT2D eigenvalue weighted by molar-refractivity contribution is 6.32. The normalized spacial score (nSPS) is 11.8. The average molecular weight is 405 g/mol. The summed E-state index contributed by atoms with van der Waals surface area (Å²) < 4.78 is 0. The third kappa shape index (κ3) is 5.80. The van der Waals surface area contributed by atoms with Gasteiger partial charge in [0.15, 0.2) is 0 Å². The molecule has 0 spiro atoms. The van der Waals surface area contributed by atoms with E-state index in [9.17, 15) is 9.59 Å². The van der Waals surface area contributed by atoms with E-state index < -0.39 is 0 Å². The maximum Gasteiger partial charge on any atom is 0.251 e. The number of benzene rings is 3. The van der Waals surface area contributed by atoms with E-state index in [0.29, 0.717) is 16.3 Å². The molecular weight excluding hydrogens is 384 g/mol. The molecule has 0 saturated heterocycles. The summed E-state index contributed by atoms with van der Waals surface area (Å²) in [4.78, 5) is 24.5. The predicted molar refractivity (Wildman–Crippen MR) is 118 cm³/mol. The predicted octanol–water partition coefficient (Wildman–Crippen LogP) is 5.48. The molecule has 146 valence electrons. The highest BCUT2D eigenvalue weighted by atomic mass is 35.5. The molecule has 0 aliphatic rings. The van der Waals surface area contributed by atoms with Crippen LogP contribution in [0.3, 0.4) is 0 Å². The molecule has 0 fully saturated rings. The van der Waals surface area contributed by atoms with Crippen LogP contribution in [0.4, 0.5) is 5.69 Å². The molecule has 0 aliphatic carbocycles. The Kier molecular flexibility index (Phi) is 6.82. The monoisotopic (exact) mass is 404 g/mol. The number of carbonyl (C=O) groups excluding carboxylic acids is 2. The summed E-state index contributed by atoms with van der Waals surface area (Å²) in [6, 6.07) is 23.7. The molecule has 0 bridgehead atoms. The Morgan fingerprint density at radius 3 is 2.24 bits per heavy atom. The van der Waals surface area contributed by atoms with Gasteiger partial charge in [0, 0.05) is 22.3 Å². The van der Waals surface area contributed by atoms with E-state index in [4.69, 9.17) is 11.6 Å². The number of halogens is 1. The summed E-state index contributed by atoms with van der Waals surface area (Å²) in [6.45, 7) is 1.94. The van der Waals surface area contributed by atoms with Gasteiger partial charge in [-0.05, 0) is 54.5 Å². The zero-order chi connectivity index (χ0) is 20.6. The van der Waals surface area contributed by atoms with Gasteiger partial charge in [-0.2, -0.15) is 0 Å². The molecule has 2 amide bonds. The van der Waals surface area contributed by atoms with Gasteiger partial charge in [-0.15, -0.1) is 0 Å².